The van der Waals surface area contributed by atoms with Gasteiger partial charge in [0, 0.05) is 55.5 Å². The van der Waals surface area contributed by atoms with Gasteiger partial charge in [0.2, 0.25) is 11.9 Å². The molecule has 232 valence electrons. The first-order valence-corrected chi connectivity index (χ1v) is 14.8. The van der Waals surface area contributed by atoms with Crippen LogP contribution in [0.5, 0.6) is 17.2 Å². The van der Waals surface area contributed by atoms with Crippen molar-refractivity contribution in [2.75, 3.05) is 70.1 Å². The average molecular weight is 609 g/mol. The third-order valence-electron chi connectivity index (χ3n) is 7.90. The molecule has 1 fully saturated rings. The number of nitrogens with one attached hydrogen (secondary N) is 2. The second kappa shape index (κ2) is 12.4. The van der Waals surface area contributed by atoms with Crippen molar-refractivity contribution < 1.29 is 19.0 Å². The Kier molecular flexibility index (Phi) is 8.19. The van der Waals surface area contributed by atoms with Crippen molar-refractivity contribution in [2.45, 2.75) is 18.9 Å². The summed E-state index contributed by atoms with van der Waals surface area (Å²) in [5.41, 5.74) is 4.53. The van der Waals surface area contributed by atoms with Gasteiger partial charge >= 0.3 is 0 Å². The first kappa shape index (κ1) is 29.8. The van der Waals surface area contributed by atoms with Crippen molar-refractivity contribution in [3.05, 3.63) is 54.9 Å². The molecule has 0 bridgehead atoms. The summed E-state index contributed by atoms with van der Waals surface area (Å²) in [6, 6.07) is 10.3. The number of aromatic nitrogens is 3. The monoisotopic (exact) mass is 608 g/mol. The van der Waals surface area contributed by atoms with Crippen LogP contribution in [0.1, 0.15) is 24.4 Å². The number of fused-ring (bicyclic) bond motifs is 2. The van der Waals surface area contributed by atoms with Gasteiger partial charge in [0.1, 0.15) is 25.0 Å². The number of hydrogen-bond acceptors (Lipinski definition) is 10. The topological polar surface area (TPSA) is 130 Å². The van der Waals surface area contributed by atoms with Crippen LogP contribution in [0.2, 0.25) is 0 Å². The number of nitrogens with zero attached hydrogens (tertiary/aromatic N) is 6. The predicted molar refractivity (Wildman–Crippen MR) is 174 cm³/mol. The zero-order chi connectivity index (χ0) is 31.7. The molecule has 2 aromatic heterocycles. The Morgan fingerprint density at radius 3 is 2.58 bits per heavy atom. The number of methoxy groups -OCH3 is 1. The lowest BCUT2D eigenvalue weighted by molar-refractivity contribution is -0.111. The van der Waals surface area contributed by atoms with Crippen molar-refractivity contribution >= 4 is 39.8 Å². The van der Waals surface area contributed by atoms with Crippen LogP contribution in [0.25, 0.3) is 22.2 Å². The van der Waals surface area contributed by atoms with Gasteiger partial charge in [-0.3, -0.25) is 4.79 Å². The highest BCUT2D eigenvalue weighted by Gasteiger charge is 2.29. The van der Waals surface area contributed by atoms with Crippen LogP contribution in [0.4, 0.5) is 23.0 Å². The zero-order valence-corrected chi connectivity index (χ0v) is 25.9. The maximum atomic E-state index is 12.4. The van der Waals surface area contributed by atoms with E-state index in [4.69, 9.17) is 19.2 Å². The van der Waals surface area contributed by atoms with E-state index in [0.29, 0.717) is 59.1 Å². The van der Waals surface area contributed by atoms with Crippen LogP contribution in [-0.4, -0.2) is 79.9 Å². The summed E-state index contributed by atoms with van der Waals surface area (Å²) in [6.45, 7) is 6.11. The van der Waals surface area contributed by atoms with Crippen molar-refractivity contribution in [1.29, 1.82) is 5.26 Å². The summed E-state index contributed by atoms with van der Waals surface area (Å²) in [5, 5.41) is 17.2. The molecule has 4 aromatic rings. The van der Waals surface area contributed by atoms with Crippen molar-refractivity contribution in [2.24, 2.45) is 0 Å². The molecule has 1 amide bonds. The van der Waals surface area contributed by atoms with Crippen LogP contribution < -0.4 is 29.7 Å². The van der Waals surface area contributed by atoms with E-state index < -0.39 is 0 Å². The van der Waals surface area contributed by atoms with Gasteiger partial charge in [0.15, 0.2) is 11.5 Å². The van der Waals surface area contributed by atoms with Gasteiger partial charge in [-0.15, -0.1) is 0 Å². The van der Waals surface area contributed by atoms with Crippen molar-refractivity contribution in [1.82, 2.24) is 19.4 Å². The minimum atomic E-state index is -0.339. The number of rotatable bonds is 11. The Morgan fingerprint density at radius 1 is 1.16 bits per heavy atom. The Balaban J connectivity index is 1.41. The van der Waals surface area contributed by atoms with E-state index in [0.717, 1.165) is 48.1 Å². The minimum absolute atomic E-state index is 0.266. The summed E-state index contributed by atoms with van der Waals surface area (Å²) < 4.78 is 19.8. The molecule has 0 spiro atoms. The first-order valence-electron chi connectivity index (χ1n) is 14.8. The number of benzene rings is 2. The minimum Gasteiger partial charge on any atom is -0.494 e. The molecule has 1 aliphatic carbocycles. The Hall–Kier alpha value is -5.28. The van der Waals surface area contributed by atoms with Crippen LogP contribution in [-0.2, 0) is 4.79 Å². The average Bonchev–Trinajstić information content (AvgIpc) is 3.83. The number of ether oxygens (including phenoxy) is 3. The zero-order valence-electron chi connectivity index (χ0n) is 25.9. The van der Waals surface area contributed by atoms with Crippen LogP contribution >= 0.6 is 0 Å². The molecule has 0 unspecified atom stereocenters. The van der Waals surface area contributed by atoms with Gasteiger partial charge in [-0.25, -0.2) is 9.97 Å². The molecule has 45 heavy (non-hydrogen) atoms. The molecule has 0 saturated heterocycles. The molecule has 0 radical (unpaired) electrons. The second-order valence-electron chi connectivity index (χ2n) is 11.4. The molecule has 1 saturated carbocycles. The molecule has 1 aliphatic heterocycles. The highest BCUT2D eigenvalue weighted by Crippen LogP contribution is 2.45. The van der Waals surface area contributed by atoms with E-state index in [1.54, 1.807) is 13.2 Å². The van der Waals surface area contributed by atoms with Crippen LogP contribution in [0.15, 0.2) is 49.3 Å². The molecule has 12 nitrogen and oxygen atoms in total. The number of anilines is 4. The molecule has 0 atom stereocenters. The molecule has 2 aliphatic rings. The van der Waals surface area contributed by atoms with E-state index in [9.17, 15) is 10.1 Å². The van der Waals surface area contributed by atoms with Crippen molar-refractivity contribution in [3.63, 3.8) is 0 Å². The molecular weight excluding hydrogens is 572 g/mol. The lowest BCUT2D eigenvalue weighted by Crippen LogP contribution is -2.29. The van der Waals surface area contributed by atoms with Crippen LogP contribution in [0, 0.1) is 11.3 Å². The molecule has 2 aromatic carbocycles. The van der Waals surface area contributed by atoms with E-state index in [-0.39, 0.29) is 11.9 Å². The standard InChI is InChI=1S/C33H36N8O4/c1-6-31(42)36-24-14-25(28(43-5)16-27(24)40(4)10-9-39(2)3)37-33-35-18-20(17-34)32(38-33)23-19-41(21-7-8-21)26-15-30-29(13-22(23)26)44-11-12-45-30/h6,13-16,18-19,21H,1,7-12H2,2-5H3,(H,36,42)(H,35,37,38). The molecule has 3 heterocycles. The number of carbonyl (C=O) groups excluding carboxylic acids is 1. The maximum Gasteiger partial charge on any atom is 0.247 e. The highest BCUT2D eigenvalue weighted by atomic mass is 16.6. The summed E-state index contributed by atoms with van der Waals surface area (Å²) >= 11 is 0. The van der Waals surface area contributed by atoms with Gasteiger partial charge in [-0.05, 0) is 45.1 Å². The maximum absolute atomic E-state index is 12.4. The van der Waals surface area contributed by atoms with Crippen molar-refractivity contribution in [3.8, 4) is 34.6 Å². The number of hydrogen-bond donors (Lipinski definition) is 2. The van der Waals surface area contributed by atoms with Gasteiger partial charge < -0.3 is 39.2 Å². The first-order chi connectivity index (χ1) is 21.8. The predicted octanol–water partition coefficient (Wildman–Crippen LogP) is 4.95. The lowest BCUT2D eigenvalue weighted by Gasteiger charge is -2.26. The SMILES string of the molecule is C=CC(=O)Nc1cc(Nc2ncc(C#N)c(-c3cn(C4CC4)c4cc5c(cc34)OCCO5)n2)c(OC)cc1N(C)CCN(C)C. The summed E-state index contributed by atoms with van der Waals surface area (Å²) in [6.07, 6.45) is 6.97. The largest absolute Gasteiger partial charge is 0.494 e. The van der Waals surface area contributed by atoms with E-state index in [1.165, 1.54) is 12.3 Å². The molecular formula is C33H36N8O4. The summed E-state index contributed by atoms with van der Waals surface area (Å²) in [7, 11) is 7.55. The quantitative estimate of drug-likeness (QED) is 0.226. The lowest BCUT2D eigenvalue weighted by atomic mass is 10.1. The fourth-order valence-corrected chi connectivity index (χ4v) is 5.38. The molecule has 12 heteroatoms. The third-order valence-corrected chi connectivity index (χ3v) is 7.90. The normalized spacial score (nSPS) is 13.8. The van der Waals surface area contributed by atoms with E-state index in [1.807, 2.05) is 44.2 Å². The third kappa shape index (κ3) is 6.07. The van der Waals surface area contributed by atoms with E-state index >= 15 is 0 Å². The summed E-state index contributed by atoms with van der Waals surface area (Å²) in [4.78, 5) is 25.8. The fraction of sp³-hybridized carbons (Fsp3) is 0.333. The molecule has 2 N–H and O–H groups in total. The van der Waals surface area contributed by atoms with Gasteiger partial charge in [0.25, 0.3) is 0 Å². The number of amides is 1. The number of carbonyl (C=O) groups is 1. The number of likely N-dealkylation sites (N-methyl/N-ethyl adjacent to an activating group) is 2. The molecule has 6 rings (SSSR count). The van der Waals surface area contributed by atoms with Gasteiger partial charge in [-0.2, -0.15) is 5.26 Å². The van der Waals surface area contributed by atoms with Crippen LogP contribution in [0.3, 0.4) is 0 Å². The fourth-order valence-electron chi connectivity index (χ4n) is 5.38. The Labute approximate surface area is 261 Å². The van der Waals surface area contributed by atoms with Gasteiger partial charge in [0.05, 0.1) is 47.1 Å². The van der Waals surface area contributed by atoms with E-state index in [2.05, 4.69) is 43.9 Å². The van der Waals surface area contributed by atoms with Gasteiger partial charge in [-0.1, -0.05) is 6.58 Å². The Bertz CT molecular complexity index is 1820. The Morgan fingerprint density at radius 2 is 1.91 bits per heavy atom. The highest BCUT2D eigenvalue weighted by molar-refractivity contribution is 6.02. The smallest absolute Gasteiger partial charge is 0.247 e. The number of nitriles is 1. The second-order valence-corrected chi connectivity index (χ2v) is 11.4. The summed E-state index contributed by atoms with van der Waals surface area (Å²) in [5.74, 6) is 1.84.